The maximum absolute atomic E-state index is 14.2. The number of nitrogens with zero attached hydrogens (tertiary/aromatic N) is 3. The van der Waals surface area contributed by atoms with Gasteiger partial charge in [0.2, 0.25) is 17.7 Å². The van der Waals surface area contributed by atoms with Crippen molar-refractivity contribution in [1.29, 1.82) is 0 Å². The molecule has 0 bridgehead atoms. The lowest BCUT2D eigenvalue weighted by atomic mass is 9.88. The van der Waals surface area contributed by atoms with Gasteiger partial charge in [0.15, 0.2) is 5.69 Å². The molecule has 2 saturated carbocycles. The van der Waals surface area contributed by atoms with Gasteiger partial charge in [-0.1, -0.05) is 43.0 Å². The number of rotatable bonds is 10. The molecule has 0 radical (unpaired) electrons. The first-order valence-corrected chi connectivity index (χ1v) is 14.2. The van der Waals surface area contributed by atoms with E-state index in [1.54, 1.807) is 24.3 Å². The van der Waals surface area contributed by atoms with E-state index in [2.05, 4.69) is 15.7 Å². The summed E-state index contributed by atoms with van der Waals surface area (Å²) in [5, 5.41) is 10.3. The van der Waals surface area contributed by atoms with Crippen molar-refractivity contribution in [3.05, 3.63) is 58.5 Å². The molecule has 0 unspecified atom stereocenters. The highest BCUT2D eigenvalue weighted by atomic mass is 35.5. The fraction of sp³-hybridized carbons (Fsp3) is 0.414. The minimum Gasteiger partial charge on any atom is -0.364 e. The first kappa shape index (κ1) is 28.5. The molecule has 5 rings (SSSR count). The number of amides is 4. The molecule has 41 heavy (non-hydrogen) atoms. The summed E-state index contributed by atoms with van der Waals surface area (Å²) in [5.74, 6) is -2.24. The Balaban J connectivity index is 1.28. The minimum absolute atomic E-state index is 0.0131. The molecule has 216 valence electrons. The SMILES string of the molecule is NC(=O)c1nn(CC(=O)N(CC(=O)NCc2cccc(Cl)c2F)C2CC2)c2ccc(NC(=O)C3CCCCC3)cc12. The van der Waals surface area contributed by atoms with Crippen molar-refractivity contribution < 1.29 is 23.6 Å². The predicted molar refractivity (Wildman–Crippen MR) is 151 cm³/mol. The Labute approximate surface area is 241 Å². The molecular weight excluding hydrogens is 551 g/mol. The first-order chi connectivity index (χ1) is 19.7. The number of hydrogen-bond acceptors (Lipinski definition) is 5. The Kier molecular flexibility index (Phi) is 8.53. The molecule has 10 nitrogen and oxygen atoms in total. The second-order valence-electron chi connectivity index (χ2n) is 10.7. The molecule has 4 N–H and O–H groups in total. The third kappa shape index (κ3) is 6.67. The van der Waals surface area contributed by atoms with E-state index in [1.807, 2.05) is 0 Å². The number of carbonyl (C=O) groups is 4. The summed E-state index contributed by atoms with van der Waals surface area (Å²) >= 11 is 5.81. The van der Waals surface area contributed by atoms with Gasteiger partial charge in [-0.3, -0.25) is 23.9 Å². The van der Waals surface area contributed by atoms with Gasteiger partial charge < -0.3 is 21.3 Å². The second kappa shape index (κ2) is 12.3. The number of fused-ring (bicyclic) bond motifs is 1. The van der Waals surface area contributed by atoms with Crippen LogP contribution in [0.25, 0.3) is 10.9 Å². The summed E-state index contributed by atoms with van der Waals surface area (Å²) < 4.78 is 15.6. The average Bonchev–Trinajstić information content (AvgIpc) is 3.74. The van der Waals surface area contributed by atoms with Gasteiger partial charge in [-0.2, -0.15) is 5.10 Å². The van der Waals surface area contributed by atoms with Crippen LogP contribution in [-0.2, 0) is 27.5 Å². The van der Waals surface area contributed by atoms with E-state index in [4.69, 9.17) is 17.3 Å². The molecular formula is C29H32ClFN6O4. The fourth-order valence-corrected chi connectivity index (χ4v) is 5.48. The molecule has 0 saturated heterocycles. The van der Waals surface area contributed by atoms with Crippen LogP contribution in [0.2, 0.25) is 5.02 Å². The second-order valence-corrected chi connectivity index (χ2v) is 11.1. The van der Waals surface area contributed by atoms with E-state index in [-0.39, 0.29) is 59.7 Å². The summed E-state index contributed by atoms with van der Waals surface area (Å²) in [5.41, 5.74) is 6.84. The molecule has 2 fully saturated rings. The Morgan fingerprint density at radius 1 is 1.07 bits per heavy atom. The molecule has 12 heteroatoms. The van der Waals surface area contributed by atoms with Gasteiger partial charge in [0.25, 0.3) is 5.91 Å². The highest BCUT2D eigenvalue weighted by Gasteiger charge is 2.34. The first-order valence-electron chi connectivity index (χ1n) is 13.8. The highest BCUT2D eigenvalue weighted by Crippen LogP contribution is 2.29. The topological polar surface area (TPSA) is 139 Å². The van der Waals surface area contributed by atoms with Crippen molar-refractivity contribution in [2.45, 2.75) is 64.1 Å². The summed E-state index contributed by atoms with van der Waals surface area (Å²) in [7, 11) is 0. The number of halogens is 2. The lowest BCUT2D eigenvalue weighted by molar-refractivity contribution is -0.137. The Bertz CT molecular complexity index is 1500. The number of nitrogens with one attached hydrogen (secondary N) is 2. The molecule has 2 aliphatic carbocycles. The third-order valence-corrected chi connectivity index (χ3v) is 7.93. The van der Waals surface area contributed by atoms with Crippen molar-refractivity contribution in [2.24, 2.45) is 11.7 Å². The zero-order valence-corrected chi connectivity index (χ0v) is 23.3. The van der Waals surface area contributed by atoms with E-state index in [1.165, 1.54) is 21.7 Å². The quantitative estimate of drug-likeness (QED) is 0.334. The maximum Gasteiger partial charge on any atom is 0.269 e. The highest BCUT2D eigenvalue weighted by molar-refractivity contribution is 6.30. The molecule has 0 spiro atoms. The molecule has 2 aromatic carbocycles. The van der Waals surface area contributed by atoms with Gasteiger partial charge in [-0.15, -0.1) is 0 Å². The summed E-state index contributed by atoms with van der Waals surface area (Å²) in [6.45, 7) is -0.488. The zero-order valence-electron chi connectivity index (χ0n) is 22.5. The number of carbonyl (C=O) groups excluding carboxylic acids is 4. The standard InChI is InChI=1S/C29H32ClFN6O4/c30-22-8-4-7-18(26(22)31)14-33-24(38)15-36(20-10-11-20)25(39)16-37-23-12-9-19(13-21(23)27(35-37)28(32)40)34-29(41)17-5-2-1-3-6-17/h4,7-9,12-13,17,20H,1-3,5-6,10-11,14-16H2,(H2,32,40)(H,33,38)(H,34,41). The van der Waals surface area contributed by atoms with E-state index >= 15 is 0 Å². The van der Waals surface area contributed by atoms with Gasteiger partial charge in [0, 0.05) is 35.1 Å². The lowest BCUT2D eigenvalue weighted by Gasteiger charge is -2.22. The number of benzene rings is 2. The molecule has 3 aromatic rings. The van der Waals surface area contributed by atoms with Crippen molar-refractivity contribution in [3.8, 4) is 0 Å². The van der Waals surface area contributed by atoms with Crippen molar-refractivity contribution in [3.63, 3.8) is 0 Å². The average molecular weight is 583 g/mol. The van der Waals surface area contributed by atoms with Crippen LogP contribution in [-0.4, -0.2) is 50.9 Å². The van der Waals surface area contributed by atoms with Crippen LogP contribution in [0, 0.1) is 11.7 Å². The Morgan fingerprint density at radius 2 is 1.83 bits per heavy atom. The van der Waals surface area contributed by atoms with E-state index in [9.17, 15) is 23.6 Å². The number of hydrogen-bond donors (Lipinski definition) is 3. The van der Waals surface area contributed by atoms with Crippen molar-refractivity contribution in [2.75, 3.05) is 11.9 Å². The summed E-state index contributed by atoms with van der Waals surface area (Å²) in [6, 6.07) is 9.49. The van der Waals surface area contributed by atoms with Crippen molar-refractivity contribution in [1.82, 2.24) is 20.0 Å². The van der Waals surface area contributed by atoms with Gasteiger partial charge >= 0.3 is 0 Å². The molecule has 0 aliphatic heterocycles. The van der Waals surface area contributed by atoms with Crippen LogP contribution in [0.4, 0.5) is 10.1 Å². The van der Waals surface area contributed by atoms with Gasteiger partial charge in [-0.05, 0) is 49.9 Å². The molecule has 1 heterocycles. The van der Waals surface area contributed by atoms with Crippen LogP contribution in [0.5, 0.6) is 0 Å². The monoisotopic (exact) mass is 582 g/mol. The van der Waals surface area contributed by atoms with Gasteiger partial charge in [0.1, 0.15) is 12.4 Å². The lowest BCUT2D eigenvalue weighted by Crippen LogP contribution is -2.43. The predicted octanol–water partition coefficient (Wildman–Crippen LogP) is 3.75. The normalized spacial score (nSPS) is 15.5. The summed E-state index contributed by atoms with van der Waals surface area (Å²) in [6.07, 6.45) is 6.44. The van der Waals surface area contributed by atoms with Crippen LogP contribution >= 0.6 is 11.6 Å². The van der Waals surface area contributed by atoms with E-state index in [0.717, 1.165) is 44.9 Å². The minimum atomic E-state index is -0.761. The van der Waals surface area contributed by atoms with Gasteiger partial charge in [-0.25, -0.2) is 4.39 Å². The molecule has 2 aliphatic rings. The Hall–Kier alpha value is -3.99. The molecule has 4 amide bonds. The third-order valence-electron chi connectivity index (χ3n) is 7.64. The largest absolute Gasteiger partial charge is 0.364 e. The Morgan fingerprint density at radius 3 is 2.54 bits per heavy atom. The van der Waals surface area contributed by atoms with Gasteiger partial charge in [0.05, 0.1) is 17.1 Å². The maximum atomic E-state index is 14.2. The number of primary amides is 1. The fourth-order valence-electron chi connectivity index (χ4n) is 5.28. The molecule has 0 atom stereocenters. The number of anilines is 1. The number of nitrogens with two attached hydrogens (primary N) is 1. The smallest absolute Gasteiger partial charge is 0.269 e. The zero-order chi connectivity index (χ0) is 29.1. The van der Waals surface area contributed by atoms with Crippen LogP contribution in [0.1, 0.15) is 61.0 Å². The number of aromatic nitrogens is 2. The van der Waals surface area contributed by atoms with Crippen molar-refractivity contribution >= 4 is 51.8 Å². The van der Waals surface area contributed by atoms with Crippen LogP contribution in [0.15, 0.2) is 36.4 Å². The summed E-state index contributed by atoms with van der Waals surface area (Å²) in [4.78, 5) is 52.4. The van der Waals surface area contributed by atoms with Crippen LogP contribution < -0.4 is 16.4 Å². The van der Waals surface area contributed by atoms with E-state index < -0.39 is 17.6 Å². The van der Waals surface area contributed by atoms with Crippen LogP contribution in [0.3, 0.4) is 0 Å². The molecule has 1 aromatic heterocycles. The van der Waals surface area contributed by atoms with E-state index in [0.29, 0.717) is 16.6 Å².